The highest BCUT2D eigenvalue weighted by Gasteiger charge is 2.26. The number of hydrogen-bond acceptors (Lipinski definition) is 3. The van der Waals surface area contributed by atoms with E-state index in [0.717, 1.165) is 4.31 Å². The van der Waals surface area contributed by atoms with Crippen LogP contribution in [-0.4, -0.2) is 31.7 Å². The smallest absolute Gasteiger partial charge is 0.243 e. The molecule has 1 N–H and O–H groups in total. The molecule has 134 valence electrons. The summed E-state index contributed by atoms with van der Waals surface area (Å²) in [5.41, 5.74) is 0.572. The van der Waals surface area contributed by atoms with Gasteiger partial charge in [0.1, 0.15) is 5.82 Å². The molecule has 0 aromatic heterocycles. The van der Waals surface area contributed by atoms with E-state index in [1.165, 1.54) is 48.5 Å². The topological polar surface area (TPSA) is 66.5 Å². The molecule has 0 heterocycles. The maximum absolute atomic E-state index is 13.1. The van der Waals surface area contributed by atoms with E-state index in [0.29, 0.717) is 17.1 Å². The highest BCUT2D eigenvalue weighted by molar-refractivity contribution is 7.89. The van der Waals surface area contributed by atoms with Gasteiger partial charge in [-0.25, -0.2) is 12.8 Å². The molecular weight excluding hydrogens is 367 g/mol. The molecule has 25 heavy (non-hydrogen) atoms. The van der Waals surface area contributed by atoms with Crippen molar-refractivity contribution in [2.75, 3.05) is 13.1 Å². The van der Waals surface area contributed by atoms with Gasteiger partial charge in [-0.3, -0.25) is 4.79 Å². The van der Waals surface area contributed by atoms with Crippen molar-refractivity contribution >= 4 is 27.5 Å². The van der Waals surface area contributed by atoms with Gasteiger partial charge in [-0.15, -0.1) is 0 Å². The third-order valence-electron chi connectivity index (χ3n) is 3.42. The summed E-state index contributed by atoms with van der Waals surface area (Å²) in [6.07, 6.45) is 0. The van der Waals surface area contributed by atoms with Gasteiger partial charge in [0, 0.05) is 18.1 Å². The van der Waals surface area contributed by atoms with Crippen LogP contribution in [0.2, 0.25) is 5.02 Å². The SMILES string of the molecule is CCNC(=O)CN(Cc1ccc(F)cc1)S(=O)(=O)c1ccc(Cl)cc1. The molecule has 2 aromatic rings. The van der Waals surface area contributed by atoms with Gasteiger partial charge in [0.15, 0.2) is 0 Å². The van der Waals surface area contributed by atoms with E-state index in [1.807, 2.05) is 0 Å². The number of hydrogen-bond donors (Lipinski definition) is 1. The first-order valence-electron chi connectivity index (χ1n) is 7.60. The van der Waals surface area contributed by atoms with Crippen LogP contribution in [0.15, 0.2) is 53.4 Å². The molecule has 0 bridgehead atoms. The van der Waals surface area contributed by atoms with Crippen LogP contribution in [0.3, 0.4) is 0 Å². The third kappa shape index (κ3) is 5.26. The van der Waals surface area contributed by atoms with Crippen molar-refractivity contribution in [1.82, 2.24) is 9.62 Å². The molecule has 0 aliphatic rings. The summed E-state index contributed by atoms with van der Waals surface area (Å²) in [7, 11) is -3.92. The lowest BCUT2D eigenvalue weighted by molar-refractivity contribution is -0.121. The number of carbonyl (C=O) groups is 1. The Balaban J connectivity index is 2.33. The molecule has 0 atom stereocenters. The number of benzene rings is 2. The highest BCUT2D eigenvalue weighted by Crippen LogP contribution is 2.20. The number of halogens is 2. The minimum atomic E-state index is -3.92. The summed E-state index contributed by atoms with van der Waals surface area (Å²) >= 11 is 5.80. The van der Waals surface area contributed by atoms with Crippen molar-refractivity contribution in [3.05, 3.63) is 64.9 Å². The Morgan fingerprint density at radius 1 is 1.12 bits per heavy atom. The molecular formula is C17H18ClFN2O3S. The predicted octanol–water partition coefficient (Wildman–Crippen LogP) is 2.81. The van der Waals surface area contributed by atoms with E-state index in [1.54, 1.807) is 6.92 Å². The molecule has 5 nitrogen and oxygen atoms in total. The number of nitrogens with zero attached hydrogens (tertiary/aromatic N) is 1. The number of rotatable bonds is 7. The molecule has 8 heteroatoms. The van der Waals surface area contributed by atoms with Crippen molar-refractivity contribution in [2.45, 2.75) is 18.4 Å². The molecule has 0 fully saturated rings. The lowest BCUT2D eigenvalue weighted by atomic mass is 10.2. The predicted molar refractivity (Wildman–Crippen MR) is 94.1 cm³/mol. The van der Waals surface area contributed by atoms with Crippen molar-refractivity contribution < 1.29 is 17.6 Å². The molecule has 0 aliphatic carbocycles. The fraction of sp³-hybridized carbons (Fsp3) is 0.235. The lowest BCUT2D eigenvalue weighted by Gasteiger charge is -2.22. The Hall–Kier alpha value is -1.96. The largest absolute Gasteiger partial charge is 0.355 e. The number of sulfonamides is 1. The molecule has 1 amide bonds. The minimum absolute atomic E-state index is 0.0308. The van der Waals surface area contributed by atoms with Crippen LogP contribution < -0.4 is 5.32 Å². The van der Waals surface area contributed by atoms with Crippen LogP contribution in [0.4, 0.5) is 4.39 Å². The summed E-state index contributed by atoms with van der Waals surface area (Å²) in [5, 5.41) is 2.99. The van der Waals surface area contributed by atoms with Crippen LogP contribution in [0.25, 0.3) is 0 Å². The molecule has 0 radical (unpaired) electrons. The van der Waals surface area contributed by atoms with Gasteiger partial charge in [-0.05, 0) is 48.9 Å². The van der Waals surface area contributed by atoms with Gasteiger partial charge < -0.3 is 5.32 Å². The van der Waals surface area contributed by atoms with Crippen molar-refractivity contribution in [3.8, 4) is 0 Å². The normalized spacial score (nSPS) is 11.5. The van der Waals surface area contributed by atoms with Crippen LogP contribution in [0, 0.1) is 5.82 Å². The number of carbonyl (C=O) groups excluding carboxylic acids is 1. The molecule has 2 rings (SSSR count). The number of likely N-dealkylation sites (N-methyl/N-ethyl adjacent to an activating group) is 1. The van der Waals surface area contributed by atoms with Crippen LogP contribution >= 0.6 is 11.6 Å². The van der Waals surface area contributed by atoms with Crippen LogP contribution in [-0.2, 0) is 21.4 Å². The monoisotopic (exact) mass is 384 g/mol. The lowest BCUT2D eigenvalue weighted by Crippen LogP contribution is -2.40. The summed E-state index contributed by atoms with van der Waals surface area (Å²) in [6.45, 7) is 1.75. The van der Waals surface area contributed by atoms with Gasteiger partial charge in [0.2, 0.25) is 15.9 Å². The second-order valence-electron chi connectivity index (χ2n) is 5.31. The van der Waals surface area contributed by atoms with E-state index >= 15 is 0 Å². The van der Waals surface area contributed by atoms with Gasteiger partial charge in [-0.1, -0.05) is 23.7 Å². The Bertz CT molecular complexity index is 824. The average molecular weight is 385 g/mol. The Kier molecular flexibility index (Phi) is 6.52. The molecule has 2 aromatic carbocycles. The van der Waals surface area contributed by atoms with Crippen LogP contribution in [0.1, 0.15) is 12.5 Å². The fourth-order valence-corrected chi connectivity index (χ4v) is 3.70. The first-order chi connectivity index (χ1) is 11.8. The van der Waals surface area contributed by atoms with Gasteiger partial charge in [0.25, 0.3) is 0 Å². The van der Waals surface area contributed by atoms with Crippen molar-refractivity contribution in [3.63, 3.8) is 0 Å². The summed E-state index contributed by atoms with van der Waals surface area (Å²) < 4.78 is 39.9. The highest BCUT2D eigenvalue weighted by atomic mass is 35.5. The van der Waals surface area contributed by atoms with Gasteiger partial charge >= 0.3 is 0 Å². The standard InChI is InChI=1S/C17H18ClFN2O3S/c1-2-20-17(22)12-21(11-13-3-7-15(19)8-4-13)25(23,24)16-9-5-14(18)6-10-16/h3-10H,2,11-12H2,1H3,(H,20,22). The van der Waals surface area contributed by atoms with Crippen molar-refractivity contribution in [1.29, 1.82) is 0 Å². The van der Waals surface area contributed by atoms with E-state index in [9.17, 15) is 17.6 Å². The molecule has 0 spiro atoms. The zero-order valence-electron chi connectivity index (χ0n) is 13.6. The average Bonchev–Trinajstić information content (AvgIpc) is 2.57. The Morgan fingerprint density at radius 3 is 2.28 bits per heavy atom. The van der Waals surface area contributed by atoms with Crippen LogP contribution in [0.5, 0.6) is 0 Å². The van der Waals surface area contributed by atoms with E-state index in [-0.39, 0.29) is 18.0 Å². The molecule has 0 saturated heterocycles. The minimum Gasteiger partial charge on any atom is -0.355 e. The van der Waals surface area contributed by atoms with E-state index in [4.69, 9.17) is 11.6 Å². The molecule has 0 unspecified atom stereocenters. The molecule has 0 saturated carbocycles. The number of amides is 1. The number of nitrogens with one attached hydrogen (secondary N) is 1. The van der Waals surface area contributed by atoms with Gasteiger partial charge in [-0.2, -0.15) is 4.31 Å². The third-order valence-corrected chi connectivity index (χ3v) is 5.48. The van der Waals surface area contributed by atoms with Gasteiger partial charge in [0.05, 0.1) is 11.4 Å². The second-order valence-corrected chi connectivity index (χ2v) is 7.68. The van der Waals surface area contributed by atoms with E-state index in [2.05, 4.69) is 5.32 Å². The van der Waals surface area contributed by atoms with E-state index < -0.39 is 21.7 Å². The Labute approximate surface area is 151 Å². The maximum atomic E-state index is 13.1. The maximum Gasteiger partial charge on any atom is 0.243 e. The summed E-state index contributed by atoms with van der Waals surface area (Å²) in [5.74, 6) is -0.832. The van der Waals surface area contributed by atoms with Crippen molar-refractivity contribution in [2.24, 2.45) is 0 Å². The zero-order valence-corrected chi connectivity index (χ0v) is 15.1. The second kappa shape index (κ2) is 8.42. The zero-order chi connectivity index (χ0) is 18.4. The fourth-order valence-electron chi connectivity index (χ4n) is 2.19. The first kappa shape index (κ1) is 19.4. The quantitative estimate of drug-likeness (QED) is 0.798. The first-order valence-corrected chi connectivity index (χ1v) is 9.41. The molecule has 0 aliphatic heterocycles. The summed E-state index contributed by atoms with van der Waals surface area (Å²) in [4.78, 5) is 12.0. The summed E-state index contributed by atoms with van der Waals surface area (Å²) in [6, 6.07) is 11.2. The Morgan fingerprint density at radius 2 is 1.72 bits per heavy atom.